The average molecular weight is 275 g/mol. The van der Waals surface area contributed by atoms with Crippen molar-refractivity contribution in [3.8, 4) is 5.88 Å². The van der Waals surface area contributed by atoms with Crippen molar-refractivity contribution in [2.45, 2.75) is 33.6 Å². The highest BCUT2D eigenvalue weighted by atomic mass is 16.5. The summed E-state index contributed by atoms with van der Waals surface area (Å²) in [5.41, 5.74) is 2.79. The molecule has 0 spiro atoms. The Morgan fingerprint density at radius 3 is 2.85 bits per heavy atom. The van der Waals surface area contributed by atoms with Crippen molar-refractivity contribution in [2.75, 3.05) is 20.2 Å². The molecule has 0 atom stereocenters. The first-order valence-electron chi connectivity index (χ1n) is 7.04. The number of aliphatic imine (C=N–C) groups is 1. The smallest absolute Gasteiger partial charge is 0.216 e. The van der Waals surface area contributed by atoms with Crippen LogP contribution in [0, 0.1) is 13.8 Å². The number of aromatic nitrogens is 1. The lowest BCUT2D eigenvalue weighted by Gasteiger charge is -2.11. The average Bonchev–Trinajstić information content (AvgIpc) is 2.44. The van der Waals surface area contributed by atoms with Gasteiger partial charge < -0.3 is 9.64 Å². The minimum atomic E-state index is 0.667. The number of hydrogen-bond acceptors (Lipinski definition) is 3. The van der Waals surface area contributed by atoms with E-state index in [9.17, 15) is 0 Å². The van der Waals surface area contributed by atoms with Gasteiger partial charge >= 0.3 is 0 Å². The molecule has 0 aromatic carbocycles. The molecule has 4 nitrogen and oxygen atoms in total. The fraction of sp³-hybridized carbons (Fsp3) is 0.500. The molecule has 0 aliphatic carbocycles. The van der Waals surface area contributed by atoms with Gasteiger partial charge in [-0.15, -0.1) is 6.58 Å². The Hall–Kier alpha value is -1.84. The number of pyridine rings is 1. The van der Waals surface area contributed by atoms with Crippen LogP contribution in [0.5, 0.6) is 5.88 Å². The van der Waals surface area contributed by atoms with Crippen molar-refractivity contribution >= 4 is 12.0 Å². The van der Waals surface area contributed by atoms with Crippen molar-refractivity contribution in [2.24, 2.45) is 4.99 Å². The maximum absolute atomic E-state index is 5.70. The molecule has 1 heterocycles. The normalized spacial score (nSPS) is 10.8. The molecule has 1 aromatic heterocycles. The first kappa shape index (κ1) is 16.2. The molecule has 0 saturated heterocycles. The second-order valence-electron chi connectivity index (χ2n) is 4.81. The molecule has 110 valence electrons. The predicted molar refractivity (Wildman–Crippen MR) is 85.1 cm³/mol. The van der Waals surface area contributed by atoms with Gasteiger partial charge in [-0.2, -0.15) is 0 Å². The van der Waals surface area contributed by atoms with Crippen molar-refractivity contribution in [3.05, 3.63) is 30.0 Å². The van der Waals surface area contributed by atoms with E-state index in [4.69, 9.17) is 4.74 Å². The maximum Gasteiger partial charge on any atom is 0.216 e. The number of rotatable bonds is 8. The van der Waals surface area contributed by atoms with Gasteiger partial charge in [0.25, 0.3) is 0 Å². The van der Waals surface area contributed by atoms with E-state index in [2.05, 4.69) is 23.5 Å². The molecule has 0 saturated carbocycles. The largest absolute Gasteiger partial charge is 0.477 e. The van der Waals surface area contributed by atoms with E-state index in [1.807, 2.05) is 44.3 Å². The lowest BCUT2D eigenvalue weighted by Crippen LogP contribution is -2.14. The van der Waals surface area contributed by atoms with E-state index in [1.54, 1.807) is 0 Å². The molecular weight excluding hydrogens is 250 g/mol. The molecule has 0 radical (unpaired) electrons. The van der Waals surface area contributed by atoms with Gasteiger partial charge in [-0.3, -0.25) is 0 Å². The number of ether oxygens (including phenoxy) is 1. The molecule has 0 N–H and O–H groups in total. The summed E-state index contributed by atoms with van der Waals surface area (Å²) in [6.07, 6.45) is 5.65. The summed E-state index contributed by atoms with van der Waals surface area (Å²) < 4.78 is 5.70. The second kappa shape index (κ2) is 8.35. The van der Waals surface area contributed by atoms with Crippen LogP contribution in [-0.2, 0) is 0 Å². The van der Waals surface area contributed by atoms with Crippen LogP contribution in [0.4, 0.5) is 5.69 Å². The maximum atomic E-state index is 5.70. The lowest BCUT2D eigenvalue weighted by molar-refractivity contribution is 0.297. The highest BCUT2D eigenvalue weighted by Gasteiger charge is 2.06. The number of aryl methyl sites for hydroxylation is 2. The highest BCUT2D eigenvalue weighted by molar-refractivity contribution is 5.62. The van der Waals surface area contributed by atoms with Crippen LogP contribution >= 0.6 is 0 Å². The van der Waals surface area contributed by atoms with Crippen molar-refractivity contribution in [1.82, 2.24) is 9.88 Å². The van der Waals surface area contributed by atoms with E-state index in [-0.39, 0.29) is 0 Å². The van der Waals surface area contributed by atoms with Gasteiger partial charge in [-0.25, -0.2) is 9.98 Å². The quantitative estimate of drug-likeness (QED) is 0.314. The van der Waals surface area contributed by atoms with Gasteiger partial charge in [-0.05, 0) is 39.7 Å². The van der Waals surface area contributed by atoms with E-state index in [0.717, 1.165) is 36.3 Å². The van der Waals surface area contributed by atoms with E-state index >= 15 is 0 Å². The third-order valence-electron chi connectivity index (χ3n) is 3.01. The molecule has 0 amide bonds. The van der Waals surface area contributed by atoms with E-state index in [1.165, 1.54) is 0 Å². The molecule has 0 bridgehead atoms. The number of unbranched alkanes of at least 4 members (excludes halogenated alkanes) is 1. The lowest BCUT2D eigenvalue weighted by atomic mass is 10.2. The molecule has 4 heteroatoms. The highest BCUT2D eigenvalue weighted by Crippen LogP contribution is 2.24. The predicted octanol–water partition coefficient (Wildman–Crippen LogP) is 3.65. The summed E-state index contributed by atoms with van der Waals surface area (Å²) in [6.45, 7) is 11.3. The Kier molecular flexibility index (Phi) is 6.77. The fourth-order valence-corrected chi connectivity index (χ4v) is 1.58. The summed E-state index contributed by atoms with van der Waals surface area (Å²) in [5.74, 6) is 0.703. The van der Waals surface area contributed by atoms with Gasteiger partial charge in [0.15, 0.2) is 0 Å². The standard InChI is InChI=1S/C16H25N3O/c1-6-8-9-10-20-16-13(3)11-15(14(4)18-16)17-12-19(5)7-2/h6,11-12H,1,7-10H2,2-5H3/b17-12+. The Morgan fingerprint density at radius 2 is 2.20 bits per heavy atom. The van der Waals surface area contributed by atoms with Crippen molar-refractivity contribution in [1.29, 1.82) is 0 Å². The molecule has 20 heavy (non-hydrogen) atoms. The Morgan fingerprint density at radius 1 is 1.45 bits per heavy atom. The molecule has 0 aliphatic rings. The van der Waals surface area contributed by atoms with E-state index in [0.29, 0.717) is 12.5 Å². The minimum Gasteiger partial charge on any atom is -0.477 e. The second-order valence-corrected chi connectivity index (χ2v) is 4.81. The number of nitrogens with zero attached hydrogens (tertiary/aromatic N) is 3. The van der Waals surface area contributed by atoms with Gasteiger partial charge in [0.2, 0.25) is 5.88 Å². The van der Waals surface area contributed by atoms with Crippen molar-refractivity contribution in [3.63, 3.8) is 0 Å². The summed E-state index contributed by atoms with van der Waals surface area (Å²) in [7, 11) is 2.00. The molecule has 1 rings (SSSR count). The Labute approximate surface area is 122 Å². The zero-order valence-electron chi connectivity index (χ0n) is 13.0. The van der Waals surface area contributed by atoms with Crippen LogP contribution in [0.2, 0.25) is 0 Å². The van der Waals surface area contributed by atoms with Crippen molar-refractivity contribution < 1.29 is 4.74 Å². The molecule has 0 fully saturated rings. The van der Waals surface area contributed by atoms with Crippen LogP contribution < -0.4 is 4.74 Å². The zero-order valence-corrected chi connectivity index (χ0v) is 13.0. The summed E-state index contributed by atoms with van der Waals surface area (Å²) >= 11 is 0. The minimum absolute atomic E-state index is 0.667. The Balaban J connectivity index is 2.75. The van der Waals surface area contributed by atoms with Gasteiger partial charge in [-0.1, -0.05) is 6.08 Å². The van der Waals surface area contributed by atoms with Gasteiger partial charge in [0, 0.05) is 19.2 Å². The van der Waals surface area contributed by atoms with Crippen LogP contribution in [0.3, 0.4) is 0 Å². The SMILES string of the molecule is C=CCCCOc1nc(C)c(/N=C/N(C)CC)cc1C. The third kappa shape index (κ3) is 5.03. The van der Waals surface area contributed by atoms with Gasteiger partial charge in [0.05, 0.1) is 24.3 Å². The summed E-state index contributed by atoms with van der Waals surface area (Å²) in [5, 5.41) is 0. The molecule has 0 aliphatic heterocycles. The number of hydrogen-bond donors (Lipinski definition) is 0. The van der Waals surface area contributed by atoms with Gasteiger partial charge in [0.1, 0.15) is 0 Å². The van der Waals surface area contributed by atoms with Crippen LogP contribution in [0.1, 0.15) is 31.0 Å². The Bertz CT molecular complexity index is 469. The molecule has 1 aromatic rings. The molecular formula is C16H25N3O. The van der Waals surface area contributed by atoms with Crippen LogP contribution in [-0.4, -0.2) is 36.4 Å². The fourth-order valence-electron chi connectivity index (χ4n) is 1.58. The monoisotopic (exact) mass is 275 g/mol. The first-order chi connectivity index (χ1) is 9.58. The molecule has 0 unspecified atom stereocenters. The third-order valence-corrected chi connectivity index (χ3v) is 3.01. The zero-order chi connectivity index (χ0) is 15.0. The van der Waals surface area contributed by atoms with E-state index < -0.39 is 0 Å². The first-order valence-corrected chi connectivity index (χ1v) is 7.04. The topological polar surface area (TPSA) is 37.7 Å². The van der Waals surface area contributed by atoms with Crippen LogP contribution in [0.15, 0.2) is 23.7 Å². The summed E-state index contributed by atoms with van der Waals surface area (Å²) in [6, 6.07) is 2.02. The van der Waals surface area contributed by atoms with Crippen LogP contribution in [0.25, 0.3) is 0 Å². The summed E-state index contributed by atoms with van der Waals surface area (Å²) in [4.78, 5) is 11.0. The number of allylic oxidation sites excluding steroid dienone is 1.